The van der Waals surface area contributed by atoms with Crippen LogP contribution in [0.4, 0.5) is 0 Å². The Hall–Kier alpha value is -2.26. The molecule has 0 saturated heterocycles. The van der Waals surface area contributed by atoms with Gasteiger partial charge in [0.1, 0.15) is 22.9 Å². The molecule has 1 aromatic heterocycles. The molecule has 1 aromatic carbocycles. The van der Waals surface area contributed by atoms with Gasteiger partial charge in [-0.3, -0.25) is 9.59 Å². The molecule has 1 N–H and O–H groups in total. The minimum absolute atomic E-state index is 0.00114. The van der Waals surface area contributed by atoms with Gasteiger partial charge in [-0.25, -0.2) is 13.4 Å². The second kappa shape index (κ2) is 10.9. The molecule has 7 nitrogen and oxygen atoms in total. The zero-order chi connectivity index (χ0) is 23.1. The van der Waals surface area contributed by atoms with E-state index in [2.05, 4.69) is 10.3 Å². The molecule has 0 unspecified atom stereocenters. The molecule has 0 radical (unpaired) electrons. The number of rotatable bonds is 10. The van der Waals surface area contributed by atoms with E-state index in [4.69, 9.17) is 4.74 Å². The number of carbonyl (C=O) groups is 2. The van der Waals surface area contributed by atoms with Crippen LogP contribution in [0.5, 0.6) is 0 Å². The minimum atomic E-state index is -3.07. The number of ether oxygens (including phenoxy) is 1. The highest BCUT2D eigenvalue weighted by molar-refractivity contribution is 7.90. The van der Waals surface area contributed by atoms with Crippen molar-refractivity contribution in [1.82, 2.24) is 10.3 Å². The number of aromatic nitrogens is 1. The van der Waals surface area contributed by atoms with Gasteiger partial charge in [0.05, 0.1) is 12.1 Å². The Kier molecular flexibility index (Phi) is 8.76. The number of nitrogens with one attached hydrogen (secondary N) is 1. The summed E-state index contributed by atoms with van der Waals surface area (Å²) in [7, 11) is -3.07. The van der Waals surface area contributed by atoms with Crippen LogP contribution in [-0.4, -0.2) is 43.2 Å². The minimum Gasteiger partial charge on any atom is -0.459 e. The van der Waals surface area contributed by atoms with E-state index < -0.39 is 21.4 Å². The van der Waals surface area contributed by atoms with Crippen LogP contribution in [0.2, 0.25) is 0 Å². The van der Waals surface area contributed by atoms with Crippen LogP contribution in [0.3, 0.4) is 0 Å². The molecule has 0 aliphatic carbocycles. The van der Waals surface area contributed by atoms with Crippen molar-refractivity contribution in [2.75, 3.05) is 12.3 Å². The molecule has 170 valence electrons. The highest BCUT2D eigenvalue weighted by Crippen LogP contribution is 2.16. The van der Waals surface area contributed by atoms with E-state index in [-0.39, 0.29) is 30.4 Å². The van der Waals surface area contributed by atoms with Gasteiger partial charge in [-0.05, 0) is 44.7 Å². The van der Waals surface area contributed by atoms with Crippen LogP contribution in [0.15, 0.2) is 29.6 Å². The van der Waals surface area contributed by atoms with Gasteiger partial charge in [0, 0.05) is 11.1 Å². The summed E-state index contributed by atoms with van der Waals surface area (Å²) in [4.78, 5) is 28.1. The molecule has 0 atom stereocenters. The van der Waals surface area contributed by atoms with Crippen molar-refractivity contribution in [2.45, 2.75) is 58.3 Å². The predicted molar refractivity (Wildman–Crippen MR) is 122 cm³/mol. The number of thiazole rings is 1. The van der Waals surface area contributed by atoms with Crippen LogP contribution in [0.1, 0.15) is 49.5 Å². The lowest BCUT2D eigenvalue weighted by molar-refractivity contribution is -0.154. The maximum absolute atomic E-state index is 12.0. The van der Waals surface area contributed by atoms with Gasteiger partial charge >= 0.3 is 5.97 Å². The van der Waals surface area contributed by atoms with Crippen LogP contribution in [-0.2, 0) is 49.2 Å². The molecule has 1 amide bonds. The lowest BCUT2D eigenvalue weighted by atomic mass is 10.0. The summed E-state index contributed by atoms with van der Waals surface area (Å²) < 4.78 is 28.6. The summed E-state index contributed by atoms with van der Waals surface area (Å²) in [6.07, 6.45) is 1.68. The number of hydrogen-bond donors (Lipinski definition) is 1. The van der Waals surface area contributed by atoms with Crippen LogP contribution in [0.25, 0.3) is 0 Å². The maximum Gasteiger partial charge on any atom is 0.325 e. The third kappa shape index (κ3) is 9.61. The number of esters is 1. The number of aryl methyl sites for hydroxylation is 2. The zero-order valence-electron chi connectivity index (χ0n) is 18.4. The topological polar surface area (TPSA) is 102 Å². The molecule has 9 heteroatoms. The van der Waals surface area contributed by atoms with Crippen molar-refractivity contribution in [3.63, 3.8) is 0 Å². The molecule has 31 heavy (non-hydrogen) atoms. The quantitative estimate of drug-likeness (QED) is 0.540. The molecule has 0 aliphatic heterocycles. The number of amides is 1. The third-order valence-electron chi connectivity index (χ3n) is 4.29. The molecule has 0 fully saturated rings. The molecular formula is C22H30N2O5S2. The second-order valence-electron chi connectivity index (χ2n) is 8.27. The van der Waals surface area contributed by atoms with Gasteiger partial charge < -0.3 is 10.1 Å². The van der Waals surface area contributed by atoms with Crippen molar-refractivity contribution in [3.05, 3.63) is 51.5 Å². The smallest absolute Gasteiger partial charge is 0.325 e. The van der Waals surface area contributed by atoms with Crippen molar-refractivity contribution in [2.24, 2.45) is 0 Å². The summed E-state index contributed by atoms with van der Waals surface area (Å²) in [5.74, 6) is -0.587. The Labute approximate surface area is 188 Å². The maximum atomic E-state index is 12.0. The molecule has 0 bridgehead atoms. The third-order valence-corrected chi connectivity index (χ3v) is 6.96. The fourth-order valence-electron chi connectivity index (χ4n) is 2.71. The SMILES string of the molecule is CCS(=O)(=O)Cc1nc(CCc2ccc(CC(=O)NCC(=O)OC(C)(C)C)cc2)cs1. The van der Waals surface area contributed by atoms with Crippen molar-refractivity contribution in [1.29, 1.82) is 0 Å². The first-order valence-corrected chi connectivity index (χ1v) is 12.9. The van der Waals surface area contributed by atoms with Crippen LogP contribution < -0.4 is 5.32 Å². The first-order valence-electron chi connectivity index (χ1n) is 10.2. The van der Waals surface area contributed by atoms with E-state index in [9.17, 15) is 18.0 Å². The van der Waals surface area contributed by atoms with E-state index in [1.165, 1.54) is 11.3 Å². The fraction of sp³-hybridized carbons (Fsp3) is 0.500. The highest BCUT2D eigenvalue weighted by atomic mass is 32.2. The standard InChI is InChI=1S/C22H30N2O5S2/c1-5-31(27,28)15-20-24-18(14-30-20)11-10-16-6-8-17(9-7-16)12-19(25)23-13-21(26)29-22(2,3)4/h6-9,14H,5,10-13,15H2,1-4H3,(H,23,25). The van der Waals surface area contributed by atoms with E-state index >= 15 is 0 Å². The Morgan fingerprint density at radius 3 is 2.35 bits per heavy atom. The van der Waals surface area contributed by atoms with E-state index in [0.717, 1.165) is 29.7 Å². The van der Waals surface area contributed by atoms with Gasteiger partial charge in [-0.1, -0.05) is 31.2 Å². The molecule has 0 spiro atoms. The fourth-order valence-corrected chi connectivity index (χ4v) is 4.78. The Bertz CT molecular complexity index is 990. The number of sulfone groups is 1. The van der Waals surface area contributed by atoms with Gasteiger partial charge in [0.2, 0.25) is 5.91 Å². The predicted octanol–water partition coefficient (Wildman–Crippen LogP) is 2.86. The van der Waals surface area contributed by atoms with Crippen molar-refractivity contribution in [3.8, 4) is 0 Å². The average Bonchev–Trinajstić information content (AvgIpc) is 3.11. The highest BCUT2D eigenvalue weighted by Gasteiger charge is 2.17. The number of hydrogen-bond acceptors (Lipinski definition) is 7. The molecule has 0 aliphatic rings. The number of nitrogens with zero attached hydrogens (tertiary/aromatic N) is 1. The Morgan fingerprint density at radius 1 is 1.10 bits per heavy atom. The van der Waals surface area contributed by atoms with Crippen molar-refractivity contribution < 1.29 is 22.7 Å². The summed E-state index contributed by atoms with van der Waals surface area (Å²) >= 11 is 1.38. The zero-order valence-corrected chi connectivity index (χ0v) is 20.1. The molecule has 1 heterocycles. The average molecular weight is 467 g/mol. The largest absolute Gasteiger partial charge is 0.459 e. The van der Waals surface area contributed by atoms with Gasteiger partial charge in [0.15, 0.2) is 9.84 Å². The van der Waals surface area contributed by atoms with E-state index in [1.807, 2.05) is 29.6 Å². The molecule has 2 aromatic rings. The van der Waals surface area contributed by atoms with Crippen LogP contribution >= 0.6 is 11.3 Å². The lowest BCUT2D eigenvalue weighted by Crippen LogP contribution is -2.35. The summed E-state index contributed by atoms with van der Waals surface area (Å²) in [5.41, 5.74) is 2.27. The number of benzene rings is 1. The van der Waals surface area contributed by atoms with Crippen LogP contribution in [0, 0.1) is 0 Å². The van der Waals surface area contributed by atoms with Gasteiger partial charge in [-0.2, -0.15) is 0 Å². The summed E-state index contributed by atoms with van der Waals surface area (Å²) in [6, 6.07) is 7.71. The van der Waals surface area contributed by atoms with Crippen molar-refractivity contribution >= 4 is 33.1 Å². The summed E-state index contributed by atoms with van der Waals surface area (Å²) in [5, 5.41) is 5.11. The Morgan fingerprint density at radius 2 is 1.74 bits per heavy atom. The Balaban J connectivity index is 1.78. The number of carbonyl (C=O) groups excluding carboxylic acids is 2. The second-order valence-corrected chi connectivity index (χ2v) is 11.6. The molecular weight excluding hydrogens is 436 g/mol. The van der Waals surface area contributed by atoms with Gasteiger partial charge in [0.25, 0.3) is 0 Å². The molecule has 0 saturated carbocycles. The monoisotopic (exact) mass is 466 g/mol. The van der Waals surface area contributed by atoms with E-state index in [1.54, 1.807) is 27.7 Å². The van der Waals surface area contributed by atoms with Gasteiger partial charge in [-0.15, -0.1) is 11.3 Å². The first kappa shape index (κ1) is 25.0. The lowest BCUT2D eigenvalue weighted by Gasteiger charge is -2.19. The molecule has 2 rings (SSSR count). The first-order chi connectivity index (χ1) is 14.5. The van der Waals surface area contributed by atoms with E-state index in [0.29, 0.717) is 5.01 Å². The normalized spacial score (nSPS) is 11.9. The summed E-state index contributed by atoms with van der Waals surface area (Å²) in [6.45, 7) is 6.82.